The lowest BCUT2D eigenvalue weighted by atomic mass is 9.81. The number of amides is 1. The molecule has 0 spiro atoms. The average Bonchev–Trinajstić information content (AvgIpc) is 2.69. The summed E-state index contributed by atoms with van der Waals surface area (Å²) < 4.78 is 1.90. The second-order valence-corrected chi connectivity index (χ2v) is 7.32. The molecular formula is C22H21N3O2. The molecule has 5 nitrogen and oxygen atoms in total. The molecule has 0 saturated carbocycles. The molecule has 1 saturated heterocycles. The largest absolute Gasteiger partial charge is 0.338 e. The Morgan fingerprint density at radius 1 is 1.15 bits per heavy atom. The first-order valence-electron chi connectivity index (χ1n) is 9.26. The quantitative estimate of drug-likeness (QED) is 0.828. The number of benzene rings is 1. The number of hydrogen-bond acceptors (Lipinski definition) is 3. The molecule has 136 valence electrons. The van der Waals surface area contributed by atoms with Gasteiger partial charge in [-0.1, -0.05) is 12.2 Å². The van der Waals surface area contributed by atoms with Crippen LogP contribution in [0.3, 0.4) is 0 Å². The lowest BCUT2D eigenvalue weighted by Gasteiger charge is -2.43. The zero-order valence-electron chi connectivity index (χ0n) is 15.3. The summed E-state index contributed by atoms with van der Waals surface area (Å²) in [5.74, 6) is 0.450. The van der Waals surface area contributed by atoms with Gasteiger partial charge < -0.3 is 9.47 Å². The fourth-order valence-corrected chi connectivity index (χ4v) is 4.40. The first-order chi connectivity index (χ1) is 13.1. The van der Waals surface area contributed by atoms with Gasteiger partial charge >= 0.3 is 0 Å². The molecule has 2 aliphatic rings. The Bertz CT molecular complexity index is 1010. The summed E-state index contributed by atoms with van der Waals surface area (Å²) in [6, 6.07) is 12.4. The van der Waals surface area contributed by atoms with E-state index in [2.05, 4.69) is 6.07 Å². The Hall–Kier alpha value is -3.13. The van der Waals surface area contributed by atoms with Crippen LogP contribution in [0.5, 0.6) is 0 Å². The third-order valence-corrected chi connectivity index (χ3v) is 5.52. The molecule has 1 amide bonds. The van der Waals surface area contributed by atoms with E-state index in [4.69, 9.17) is 5.26 Å². The minimum atomic E-state index is -0.00602. The van der Waals surface area contributed by atoms with Crippen molar-refractivity contribution in [3.8, 4) is 6.07 Å². The lowest BCUT2D eigenvalue weighted by Crippen LogP contribution is -2.49. The smallest absolute Gasteiger partial charge is 0.253 e. The molecule has 0 unspecified atom stereocenters. The third-order valence-electron chi connectivity index (χ3n) is 5.52. The highest BCUT2D eigenvalue weighted by molar-refractivity contribution is 5.94. The standard InChI is InChI=1S/C22H21N3O2/c1-2-3-17-8-9-20(26)25-13-16-10-19(21(17)25)14-24(12-16)22(27)18-6-4-15(11-23)5-7-18/h2-9,16,19H,10,12-14H2,1H3/t16-,19-/m0/s1. The first-order valence-corrected chi connectivity index (χ1v) is 9.26. The van der Waals surface area contributed by atoms with Crippen LogP contribution in [0.2, 0.25) is 0 Å². The van der Waals surface area contributed by atoms with Crippen LogP contribution < -0.4 is 5.56 Å². The van der Waals surface area contributed by atoms with Crippen LogP contribution in [-0.4, -0.2) is 28.5 Å². The summed E-state index contributed by atoms with van der Waals surface area (Å²) in [5, 5.41) is 8.93. The van der Waals surface area contributed by atoms with Crippen molar-refractivity contribution in [2.24, 2.45) is 5.92 Å². The van der Waals surface area contributed by atoms with Crippen LogP contribution in [0.25, 0.3) is 6.08 Å². The molecule has 5 heteroatoms. The van der Waals surface area contributed by atoms with Crippen LogP contribution in [0.4, 0.5) is 0 Å². The van der Waals surface area contributed by atoms with Crippen LogP contribution in [-0.2, 0) is 6.54 Å². The van der Waals surface area contributed by atoms with Gasteiger partial charge in [0.2, 0.25) is 0 Å². The number of piperidine rings is 1. The summed E-state index contributed by atoms with van der Waals surface area (Å²) in [6.45, 7) is 3.90. The number of rotatable bonds is 2. The molecule has 2 atom stereocenters. The second-order valence-electron chi connectivity index (χ2n) is 7.32. The van der Waals surface area contributed by atoms with Crippen molar-refractivity contribution in [1.82, 2.24) is 9.47 Å². The summed E-state index contributed by atoms with van der Waals surface area (Å²) in [7, 11) is 0. The number of likely N-dealkylation sites (tertiary alicyclic amines) is 1. The van der Waals surface area contributed by atoms with Crippen molar-refractivity contribution < 1.29 is 4.79 Å². The highest BCUT2D eigenvalue weighted by Crippen LogP contribution is 2.37. The van der Waals surface area contributed by atoms with Gasteiger partial charge in [-0.15, -0.1) is 0 Å². The Kier molecular flexibility index (Phi) is 4.41. The van der Waals surface area contributed by atoms with Crippen LogP contribution in [0.15, 0.2) is 47.3 Å². The highest BCUT2D eigenvalue weighted by atomic mass is 16.2. The van der Waals surface area contributed by atoms with Crippen molar-refractivity contribution in [2.45, 2.75) is 25.8 Å². The molecule has 4 rings (SSSR count). The van der Waals surface area contributed by atoms with Gasteiger partial charge in [-0.05, 0) is 55.2 Å². The number of hydrogen-bond donors (Lipinski definition) is 0. The van der Waals surface area contributed by atoms with Gasteiger partial charge in [-0.3, -0.25) is 9.59 Å². The van der Waals surface area contributed by atoms with E-state index in [1.54, 1.807) is 30.3 Å². The van der Waals surface area contributed by atoms with E-state index >= 15 is 0 Å². The molecule has 2 aliphatic heterocycles. The number of pyridine rings is 1. The van der Waals surface area contributed by atoms with Gasteiger partial charge in [0.15, 0.2) is 0 Å². The summed E-state index contributed by atoms with van der Waals surface area (Å²) in [5.41, 5.74) is 3.31. The molecule has 27 heavy (non-hydrogen) atoms. The molecule has 3 heterocycles. The maximum absolute atomic E-state index is 13.0. The van der Waals surface area contributed by atoms with E-state index in [1.807, 2.05) is 34.6 Å². The number of nitrogens with zero attached hydrogens (tertiary/aromatic N) is 3. The lowest BCUT2D eigenvalue weighted by molar-refractivity contribution is 0.0594. The molecule has 1 fully saturated rings. The number of carbonyl (C=O) groups excluding carboxylic acids is 1. The summed E-state index contributed by atoms with van der Waals surface area (Å²) >= 11 is 0. The highest BCUT2D eigenvalue weighted by Gasteiger charge is 2.37. The van der Waals surface area contributed by atoms with Crippen molar-refractivity contribution in [3.63, 3.8) is 0 Å². The Balaban J connectivity index is 1.66. The van der Waals surface area contributed by atoms with E-state index in [-0.39, 0.29) is 23.3 Å². The molecule has 1 aromatic carbocycles. The van der Waals surface area contributed by atoms with Gasteiger partial charge in [0.1, 0.15) is 0 Å². The van der Waals surface area contributed by atoms with Crippen molar-refractivity contribution in [3.05, 3.63) is 75.2 Å². The molecule has 0 aliphatic carbocycles. The fraction of sp³-hybridized carbons (Fsp3) is 0.318. The second kappa shape index (κ2) is 6.88. The molecular weight excluding hydrogens is 338 g/mol. The van der Waals surface area contributed by atoms with Gasteiger partial charge in [-0.2, -0.15) is 5.26 Å². The fourth-order valence-electron chi connectivity index (χ4n) is 4.40. The maximum atomic E-state index is 13.0. The summed E-state index contributed by atoms with van der Waals surface area (Å²) in [4.78, 5) is 27.3. The van der Waals surface area contributed by atoms with E-state index in [9.17, 15) is 9.59 Å². The predicted molar refractivity (Wildman–Crippen MR) is 103 cm³/mol. The van der Waals surface area contributed by atoms with Crippen molar-refractivity contribution in [1.29, 1.82) is 5.26 Å². The van der Waals surface area contributed by atoms with E-state index in [0.29, 0.717) is 30.8 Å². The monoisotopic (exact) mass is 359 g/mol. The van der Waals surface area contributed by atoms with Gasteiger partial charge in [0.05, 0.1) is 11.6 Å². The van der Waals surface area contributed by atoms with E-state index < -0.39 is 0 Å². The van der Waals surface area contributed by atoms with Gasteiger partial charge in [0, 0.05) is 42.9 Å². The molecule has 2 aromatic rings. The topological polar surface area (TPSA) is 66.1 Å². The number of allylic oxidation sites excluding steroid dienone is 1. The van der Waals surface area contributed by atoms with Gasteiger partial charge in [0.25, 0.3) is 11.5 Å². The summed E-state index contributed by atoms with van der Waals surface area (Å²) in [6.07, 6.45) is 5.02. The number of fused-ring (bicyclic) bond motifs is 4. The van der Waals surface area contributed by atoms with Crippen molar-refractivity contribution in [2.75, 3.05) is 13.1 Å². The zero-order valence-corrected chi connectivity index (χ0v) is 15.3. The Labute approximate surface area is 158 Å². The Morgan fingerprint density at radius 2 is 1.93 bits per heavy atom. The van der Waals surface area contributed by atoms with Gasteiger partial charge in [-0.25, -0.2) is 0 Å². The SMILES string of the molecule is CC=Cc1ccc(=O)n2c1[C@H]1C[C@@H](CN(C(=O)c3ccc(C#N)cc3)C1)C2. The van der Waals surface area contributed by atoms with E-state index in [0.717, 1.165) is 17.7 Å². The van der Waals surface area contributed by atoms with E-state index in [1.165, 1.54) is 0 Å². The zero-order chi connectivity index (χ0) is 19.0. The van der Waals surface area contributed by atoms with Crippen LogP contribution in [0, 0.1) is 17.2 Å². The number of aromatic nitrogens is 1. The molecule has 0 radical (unpaired) electrons. The minimum Gasteiger partial charge on any atom is -0.338 e. The number of carbonyl (C=O) groups is 1. The van der Waals surface area contributed by atoms with Crippen LogP contribution >= 0.6 is 0 Å². The number of nitriles is 1. The first kappa shape index (κ1) is 17.3. The molecule has 1 aromatic heterocycles. The normalized spacial score (nSPS) is 21.0. The molecule has 0 N–H and O–H groups in total. The average molecular weight is 359 g/mol. The predicted octanol–water partition coefficient (Wildman–Crippen LogP) is 3.01. The minimum absolute atomic E-state index is 0.00602. The van der Waals surface area contributed by atoms with Crippen molar-refractivity contribution >= 4 is 12.0 Å². The maximum Gasteiger partial charge on any atom is 0.253 e. The molecule has 2 bridgehead atoms. The Morgan fingerprint density at radius 3 is 2.63 bits per heavy atom. The van der Waals surface area contributed by atoms with Crippen LogP contribution in [0.1, 0.15) is 46.4 Å². The third kappa shape index (κ3) is 3.08.